The van der Waals surface area contributed by atoms with Crippen LogP contribution < -0.4 is 4.74 Å². The summed E-state index contributed by atoms with van der Waals surface area (Å²) >= 11 is 6.22. The molecule has 2 saturated heterocycles. The first-order valence-corrected chi connectivity index (χ1v) is 11.5. The molecular weight excluding hydrogens is 412 g/mol. The first-order chi connectivity index (χ1) is 15.1. The Kier molecular flexibility index (Phi) is 7.13. The second-order valence-corrected chi connectivity index (χ2v) is 8.74. The number of benzene rings is 2. The van der Waals surface area contributed by atoms with Crippen molar-refractivity contribution in [1.29, 1.82) is 0 Å². The van der Waals surface area contributed by atoms with E-state index in [2.05, 4.69) is 0 Å². The molecule has 0 atom stereocenters. The van der Waals surface area contributed by atoms with Crippen molar-refractivity contribution in [2.24, 2.45) is 5.92 Å². The fraction of sp³-hybridized carbons (Fsp3) is 0.440. The van der Waals surface area contributed by atoms with E-state index in [0.29, 0.717) is 36.0 Å². The summed E-state index contributed by atoms with van der Waals surface area (Å²) in [4.78, 5) is 29.9. The van der Waals surface area contributed by atoms with Crippen LogP contribution in [0, 0.1) is 5.92 Å². The summed E-state index contributed by atoms with van der Waals surface area (Å²) in [6.07, 6.45) is 4.88. The quantitative estimate of drug-likeness (QED) is 0.672. The molecule has 0 unspecified atom stereocenters. The molecule has 5 nitrogen and oxygen atoms in total. The van der Waals surface area contributed by atoms with Crippen LogP contribution in [0.1, 0.15) is 48.0 Å². The van der Waals surface area contributed by atoms with Gasteiger partial charge in [-0.1, -0.05) is 41.9 Å². The molecule has 0 bridgehead atoms. The van der Waals surface area contributed by atoms with Crippen LogP contribution in [0.25, 0.3) is 0 Å². The van der Waals surface area contributed by atoms with Gasteiger partial charge < -0.3 is 14.5 Å². The Balaban J connectivity index is 1.37. The average Bonchev–Trinajstić information content (AvgIpc) is 2.83. The minimum Gasteiger partial charge on any atom is -0.488 e. The standard InChI is InChI=1S/C25H29ClN2O3/c26-22-10-4-2-8-20(22)18-31-23-11-5-3-9-21(23)25(30)28-16-12-19(13-17-28)24(29)27-14-6-1-7-15-27/h2-5,8-11,19H,1,6-7,12-18H2. The van der Waals surface area contributed by atoms with Gasteiger partial charge in [-0.15, -0.1) is 0 Å². The third kappa shape index (κ3) is 5.21. The Labute approximate surface area is 188 Å². The molecule has 2 amide bonds. The van der Waals surface area contributed by atoms with E-state index in [-0.39, 0.29) is 17.7 Å². The molecule has 2 aliphatic rings. The lowest BCUT2D eigenvalue weighted by molar-refractivity contribution is -0.137. The van der Waals surface area contributed by atoms with Gasteiger partial charge >= 0.3 is 0 Å². The van der Waals surface area contributed by atoms with E-state index in [1.165, 1.54) is 6.42 Å². The molecule has 2 heterocycles. The largest absolute Gasteiger partial charge is 0.488 e. The van der Waals surface area contributed by atoms with Crippen LogP contribution in [-0.2, 0) is 11.4 Å². The summed E-state index contributed by atoms with van der Waals surface area (Å²) in [7, 11) is 0. The number of carbonyl (C=O) groups is 2. The highest BCUT2D eigenvalue weighted by atomic mass is 35.5. The number of rotatable bonds is 5. The molecule has 0 aromatic heterocycles. The van der Waals surface area contributed by atoms with Gasteiger partial charge in [-0.05, 0) is 50.3 Å². The van der Waals surface area contributed by atoms with Gasteiger partial charge in [0.05, 0.1) is 5.56 Å². The lowest BCUT2D eigenvalue weighted by Gasteiger charge is -2.35. The van der Waals surface area contributed by atoms with Gasteiger partial charge in [-0.2, -0.15) is 0 Å². The number of ether oxygens (including phenoxy) is 1. The second-order valence-electron chi connectivity index (χ2n) is 8.33. The van der Waals surface area contributed by atoms with Crippen LogP contribution in [0.15, 0.2) is 48.5 Å². The number of likely N-dealkylation sites (tertiary alicyclic amines) is 2. The summed E-state index contributed by atoms with van der Waals surface area (Å²) in [5.41, 5.74) is 1.43. The fourth-order valence-corrected chi connectivity index (χ4v) is 4.60. The SMILES string of the molecule is O=C(c1ccccc1OCc1ccccc1Cl)N1CCC(C(=O)N2CCCCC2)CC1. The molecule has 164 valence electrons. The molecule has 2 fully saturated rings. The van der Waals surface area contributed by atoms with Crippen LogP contribution in [0.3, 0.4) is 0 Å². The second kappa shape index (κ2) is 10.2. The number of hydrogen-bond donors (Lipinski definition) is 0. The maximum absolute atomic E-state index is 13.2. The zero-order chi connectivity index (χ0) is 21.6. The number of para-hydroxylation sites is 1. The Bertz CT molecular complexity index is 918. The van der Waals surface area contributed by atoms with Crippen LogP contribution in [0.5, 0.6) is 5.75 Å². The van der Waals surface area contributed by atoms with Crippen LogP contribution >= 0.6 is 11.6 Å². The van der Waals surface area contributed by atoms with E-state index in [1.807, 2.05) is 52.3 Å². The number of halogens is 1. The van der Waals surface area contributed by atoms with Crippen LogP contribution in [0.2, 0.25) is 5.02 Å². The summed E-state index contributed by atoms with van der Waals surface area (Å²) in [5.74, 6) is 0.821. The van der Waals surface area contributed by atoms with Crippen molar-refractivity contribution in [1.82, 2.24) is 9.80 Å². The third-order valence-electron chi connectivity index (χ3n) is 6.26. The van der Waals surface area contributed by atoms with E-state index < -0.39 is 0 Å². The van der Waals surface area contributed by atoms with Gasteiger partial charge in [-0.25, -0.2) is 0 Å². The predicted octanol–water partition coefficient (Wildman–Crippen LogP) is 4.78. The third-order valence-corrected chi connectivity index (χ3v) is 6.63. The van der Waals surface area contributed by atoms with Gasteiger partial charge in [-0.3, -0.25) is 9.59 Å². The monoisotopic (exact) mass is 440 g/mol. The minimum absolute atomic E-state index is 0.0360. The molecule has 0 spiro atoms. The smallest absolute Gasteiger partial charge is 0.257 e. The normalized spacial score (nSPS) is 17.5. The highest BCUT2D eigenvalue weighted by molar-refractivity contribution is 6.31. The molecule has 2 aliphatic heterocycles. The zero-order valence-electron chi connectivity index (χ0n) is 17.8. The van der Waals surface area contributed by atoms with Gasteiger partial charge in [0, 0.05) is 42.7 Å². The average molecular weight is 441 g/mol. The molecule has 0 saturated carbocycles. The minimum atomic E-state index is -0.0429. The van der Waals surface area contributed by atoms with Crippen LogP contribution in [-0.4, -0.2) is 47.8 Å². The predicted molar refractivity (Wildman–Crippen MR) is 121 cm³/mol. The topological polar surface area (TPSA) is 49.9 Å². The van der Waals surface area contributed by atoms with Crippen molar-refractivity contribution in [3.05, 3.63) is 64.7 Å². The highest BCUT2D eigenvalue weighted by Gasteiger charge is 2.31. The van der Waals surface area contributed by atoms with E-state index in [4.69, 9.17) is 16.3 Å². The Morgan fingerprint density at radius 3 is 2.29 bits per heavy atom. The Morgan fingerprint density at radius 2 is 1.55 bits per heavy atom. The summed E-state index contributed by atoms with van der Waals surface area (Å²) in [5, 5.41) is 0.645. The van der Waals surface area contributed by atoms with Crippen molar-refractivity contribution in [3.8, 4) is 5.75 Å². The van der Waals surface area contributed by atoms with Crippen molar-refractivity contribution >= 4 is 23.4 Å². The lowest BCUT2D eigenvalue weighted by atomic mass is 9.94. The maximum Gasteiger partial charge on any atom is 0.257 e. The summed E-state index contributed by atoms with van der Waals surface area (Å²) in [6.45, 7) is 3.27. The molecule has 0 N–H and O–H groups in total. The van der Waals surface area contributed by atoms with E-state index in [0.717, 1.165) is 44.3 Å². The summed E-state index contributed by atoms with van der Waals surface area (Å²) in [6, 6.07) is 14.9. The molecule has 2 aromatic carbocycles. The number of amides is 2. The van der Waals surface area contributed by atoms with Crippen molar-refractivity contribution < 1.29 is 14.3 Å². The molecule has 6 heteroatoms. The van der Waals surface area contributed by atoms with E-state index in [1.54, 1.807) is 6.07 Å². The van der Waals surface area contributed by atoms with Gasteiger partial charge in [0.1, 0.15) is 12.4 Å². The molecule has 0 aliphatic carbocycles. The Morgan fingerprint density at radius 1 is 0.871 bits per heavy atom. The number of carbonyl (C=O) groups excluding carboxylic acids is 2. The number of hydrogen-bond acceptors (Lipinski definition) is 3. The maximum atomic E-state index is 13.2. The van der Waals surface area contributed by atoms with E-state index >= 15 is 0 Å². The molecule has 31 heavy (non-hydrogen) atoms. The fourth-order valence-electron chi connectivity index (χ4n) is 4.41. The Hall–Kier alpha value is -2.53. The number of nitrogens with zero attached hydrogens (tertiary/aromatic N) is 2. The summed E-state index contributed by atoms with van der Waals surface area (Å²) < 4.78 is 5.96. The zero-order valence-corrected chi connectivity index (χ0v) is 18.5. The van der Waals surface area contributed by atoms with Gasteiger partial charge in [0.15, 0.2) is 0 Å². The van der Waals surface area contributed by atoms with Crippen molar-refractivity contribution in [3.63, 3.8) is 0 Å². The van der Waals surface area contributed by atoms with Gasteiger partial charge in [0.2, 0.25) is 5.91 Å². The first kappa shape index (κ1) is 21.7. The highest BCUT2D eigenvalue weighted by Crippen LogP contribution is 2.27. The van der Waals surface area contributed by atoms with Crippen molar-refractivity contribution in [2.45, 2.75) is 38.7 Å². The molecule has 0 radical (unpaired) electrons. The number of piperidine rings is 2. The van der Waals surface area contributed by atoms with Crippen molar-refractivity contribution in [2.75, 3.05) is 26.2 Å². The molecular formula is C25H29ClN2O3. The lowest BCUT2D eigenvalue weighted by Crippen LogP contribution is -2.45. The first-order valence-electron chi connectivity index (χ1n) is 11.2. The van der Waals surface area contributed by atoms with Gasteiger partial charge in [0.25, 0.3) is 5.91 Å². The molecule has 4 rings (SSSR count). The molecule has 2 aromatic rings. The van der Waals surface area contributed by atoms with Crippen LogP contribution in [0.4, 0.5) is 0 Å². The van der Waals surface area contributed by atoms with E-state index in [9.17, 15) is 9.59 Å².